The van der Waals surface area contributed by atoms with Gasteiger partial charge in [0, 0.05) is 29.5 Å². The maximum absolute atomic E-state index is 13.9. The summed E-state index contributed by atoms with van der Waals surface area (Å²) < 4.78 is 27.8. The molecular formula is C29H30F2N2O3. The first-order valence-electron chi connectivity index (χ1n) is 12.0. The zero-order valence-corrected chi connectivity index (χ0v) is 20.6. The number of amides is 2. The molecule has 0 spiro atoms. The molecule has 0 bridgehead atoms. The molecule has 0 saturated heterocycles. The Hall–Kier alpha value is -3.58. The van der Waals surface area contributed by atoms with E-state index in [0.29, 0.717) is 22.7 Å². The lowest BCUT2D eigenvalue weighted by Gasteiger charge is -2.21. The van der Waals surface area contributed by atoms with Crippen molar-refractivity contribution in [2.45, 2.75) is 51.1 Å². The van der Waals surface area contributed by atoms with Crippen molar-refractivity contribution in [1.29, 1.82) is 0 Å². The predicted molar refractivity (Wildman–Crippen MR) is 137 cm³/mol. The summed E-state index contributed by atoms with van der Waals surface area (Å²) in [6.45, 7) is 3.02. The van der Waals surface area contributed by atoms with Gasteiger partial charge in [0.1, 0.15) is 6.10 Å². The van der Waals surface area contributed by atoms with E-state index in [9.17, 15) is 23.5 Å². The first-order chi connectivity index (χ1) is 17.1. The summed E-state index contributed by atoms with van der Waals surface area (Å²) in [5.74, 6) is -3.21. The van der Waals surface area contributed by atoms with Gasteiger partial charge < -0.3 is 15.3 Å². The van der Waals surface area contributed by atoms with Crippen LogP contribution in [0.25, 0.3) is 0 Å². The maximum Gasteiger partial charge on any atom is 0.298 e. The second-order valence-corrected chi connectivity index (χ2v) is 9.48. The molecule has 2 amide bonds. The van der Waals surface area contributed by atoms with Crippen LogP contribution in [-0.4, -0.2) is 30.1 Å². The first-order valence-corrected chi connectivity index (χ1v) is 12.0. The number of hydrogen-bond acceptors (Lipinski definition) is 3. The number of benzene rings is 3. The fraction of sp³-hybridized carbons (Fsp3) is 0.310. The quantitative estimate of drug-likeness (QED) is 0.417. The second kappa shape index (κ2) is 10.2. The van der Waals surface area contributed by atoms with Gasteiger partial charge in [-0.1, -0.05) is 36.4 Å². The minimum atomic E-state index is -3.35. The second-order valence-electron chi connectivity index (χ2n) is 9.48. The Balaban J connectivity index is 1.37. The Morgan fingerprint density at radius 1 is 1.06 bits per heavy atom. The molecule has 2 N–H and O–H groups in total. The molecule has 1 unspecified atom stereocenters. The monoisotopic (exact) mass is 492 g/mol. The number of alkyl halides is 2. The van der Waals surface area contributed by atoms with Crippen molar-refractivity contribution in [1.82, 2.24) is 0 Å². The van der Waals surface area contributed by atoms with Gasteiger partial charge in [0.25, 0.3) is 11.8 Å². The molecule has 1 aliphatic rings. The molecule has 0 radical (unpaired) electrons. The van der Waals surface area contributed by atoms with Crippen LogP contribution in [0, 0.1) is 6.92 Å². The van der Waals surface area contributed by atoms with Gasteiger partial charge in [-0.05, 0) is 79.6 Å². The zero-order valence-electron chi connectivity index (χ0n) is 20.6. The lowest BCUT2D eigenvalue weighted by Crippen LogP contribution is -2.27. The van der Waals surface area contributed by atoms with Gasteiger partial charge in [-0.3, -0.25) is 9.59 Å². The van der Waals surface area contributed by atoms with Gasteiger partial charge in [-0.2, -0.15) is 8.78 Å². The Kier molecular flexibility index (Phi) is 7.22. The fourth-order valence-corrected chi connectivity index (χ4v) is 4.13. The Morgan fingerprint density at radius 2 is 1.69 bits per heavy atom. The van der Waals surface area contributed by atoms with Crippen LogP contribution in [0.5, 0.6) is 0 Å². The van der Waals surface area contributed by atoms with E-state index in [-0.39, 0.29) is 23.8 Å². The summed E-state index contributed by atoms with van der Waals surface area (Å²) in [5.41, 5.74) is 4.47. The standard InChI is InChI=1S/C29H30F2N2O3/c1-18-4-7-23(21-8-9-21)17-26(18)33(3)28(36)22-10-14-25(15-11-22)32-27(35)16-20-5-12-24(13-6-20)29(30,31)19(2)34/h4-7,10-15,17,19,21,34H,8-9,16H2,1-3H3,(H,32,35). The summed E-state index contributed by atoms with van der Waals surface area (Å²) in [6, 6.07) is 18.3. The topological polar surface area (TPSA) is 69.6 Å². The fourth-order valence-electron chi connectivity index (χ4n) is 4.13. The van der Waals surface area contributed by atoms with Crippen molar-refractivity contribution in [2.75, 3.05) is 17.3 Å². The highest BCUT2D eigenvalue weighted by Gasteiger charge is 2.37. The molecule has 3 aromatic carbocycles. The van der Waals surface area contributed by atoms with Crippen LogP contribution < -0.4 is 10.2 Å². The molecule has 1 atom stereocenters. The lowest BCUT2D eigenvalue weighted by atomic mass is 10.0. The van der Waals surface area contributed by atoms with Crippen molar-refractivity contribution in [3.63, 3.8) is 0 Å². The third-order valence-electron chi connectivity index (χ3n) is 6.59. The van der Waals surface area contributed by atoms with E-state index in [0.717, 1.165) is 18.2 Å². The molecule has 188 valence electrons. The number of anilines is 2. The number of carbonyl (C=O) groups is 2. The number of hydrogen-bond donors (Lipinski definition) is 2. The zero-order chi connectivity index (χ0) is 26.0. The molecule has 1 fully saturated rings. The largest absolute Gasteiger partial charge is 0.387 e. The van der Waals surface area contributed by atoms with Crippen LogP contribution in [0.4, 0.5) is 20.2 Å². The summed E-state index contributed by atoms with van der Waals surface area (Å²) in [6.07, 6.45) is 0.577. The van der Waals surface area contributed by atoms with E-state index >= 15 is 0 Å². The van der Waals surface area contributed by atoms with Gasteiger partial charge in [0.2, 0.25) is 5.91 Å². The summed E-state index contributed by atoms with van der Waals surface area (Å²) in [7, 11) is 1.76. The Bertz CT molecular complexity index is 1250. The van der Waals surface area contributed by atoms with E-state index in [1.54, 1.807) is 36.2 Å². The third-order valence-corrected chi connectivity index (χ3v) is 6.59. The minimum Gasteiger partial charge on any atom is -0.387 e. The van der Waals surface area contributed by atoms with Crippen LogP contribution in [-0.2, 0) is 17.1 Å². The normalized spacial score (nSPS) is 14.3. The smallest absolute Gasteiger partial charge is 0.298 e. The van der Waals surface area contributed by atoms with Crippen LogP contribution in [0.3, 0.4) is 0 Å². The molecule has 5 nitrogen and oxygen atoms in total. The SMILES string of the molecule is Cc1ccc(C2CC2)cc1N(C)C(=O)c1ccc(NC(=O)Cc2ccc(C(F)(F)C(C)O)cc2)cc1. The van der Waals surface area contributed by atoms with Crippen molar-refractivity contribution >= 4 is 23.2 Å². The van der Waals surface area contributed by atoms with E-state index in [1.165, 1.54) is 42.7 Å². The molecule has 4 rings (SSSR count). The first kappa shape index (κ1) is 25.5. The van der Waals surface area contributed by atoms with Crippen LogP contribution in [0.1, 0.15) is 58.3 Å². The van der Waals surface area contributed by atoms with Gasteiger partial charge in [-0.15, -0.1) is 0 Å². The average Bonchev–Trinajstić information content (AvgIpc) is 3.70. The number of aliphatic hydroxyl groups excluding tert-OH is 1. The highest BCUT2D eigenvalue weighted by Crippen LogP contribution is 2.41. The molecule has 1 aliphatic carbocycles. The summed E-state index contributed by atoms with van der Waals surface area (Å²) in [4.78, 5) is 27.2. The van der Waals surface area contributed by atoms with Gasteiger partial charge in [0.05, 0.1) is 6.42 Å². The molecule has 0 aromatic heterocycles. The van der Waals surface area contributed by atoms with Gasteiger partial charge in [-0.25, -0.2) is 0 Å². The molecule has 36 heavy (non-hydrogen) atoms. The number of nitrogens with one attached hydrogen (secondary N) is 1. The highest BCUT2D eigenvalue weighted by atomic mass is 19.3. The van der Waals surface area contributed by atoms with Crippen molar-refractivity contribution in [2.24, 2.45) is 0 Å². The number of aliphatic hydroxyl groups is 1. The third kappa shape index (κ3) is 5.62. The maximum atomic E-state index is 13.9. The highest BCUT2D eigenvalue weighted by molar-refractivity contribution is 6.06. The van der Waals surface area contributed by atoms with E-state index in [1.807, 2.05) is 6.92 Å². The van der Waals surface area contributed by atoms with Gasteiger partial charge in [0.15, 0.2) is 0 Å². The van der Waals surface area contributed by atoms with E-state index < -0.39 is 12.0 Å². The lowest BCUT2D eigenvalue weighted by molar-refractivity contribution is -0.115. The summed E-state index contributed by atoms with van der Waals surface area (Å²) in [5, 5.41) is 12.0. The van der Waals surface area contributed by atoms with E-state index in [2.05, 4.69) is 23.5 Å². The number of carbonyl (C=O) groups excluding carboxylic acids is 2. The van der Waals surface area contributed by atoms with Crippen molar-refractivity contribution < 1.29 is 23.5 Å². The predicted octanol–water partition coefficient (Wildman–Crippen LogP) is 5.80. The number of rotatable bonds is 8. The van der Waals surface area contributed by atoms with E-state index in [4.69, 9.17) is 0 Å². The van der Waals surface area contributed by atoms with Gasteiger partial charge >= 0.3 is 0 Å². The molecule has 7 heteroatoms. The van der Waals surface area contributed by atoms with Crippen molar-refractivity contribution in [3.05, 3.63) is 94.5 Å². The average molecular weight is 493 g/mol. The van der Waals surface area contributed by atoms with Crippen molar-refractivity contribution in [3.8, 4) is 0 Å². The number of nitrogens with zero attached hydrogens (tertiary/aromatic N) is 1. The Labute approximate surface area is 209 Å². The minimum absolute atomic E-state index is 0.000557. The molecule has 3 aromatic rings. The molecule has 0 heterocycles. The number of halogens is 2. The molecular weight excluding hydrogens is 462 g/mol. The molecule has 0 aliphatic heterocycles. The van der Waals surface area contributed by atoms with Crippen LogP contribution >= 0.6 is 0 Å². The Morgan fingerprint density at radius 3 is 2.28 bits per heavy atom. The van der Waals surface area contributed by atoms with Crippen LogP contribution in [0.2, 0.25) is 0 Å². The van der Waals surface area contributed by atoms with Crippen LogP contribution in [0.15, 0.2) is 66.7 Å². The summed E-state index contributed by atoms with van der Waals surface area (Å²) >= 11 is 0. The molecule has 1 saturated carbocycles. The number of aryl methyl sites for hydroxylation is 1.